The van der Waals surface area contributed by atoms with Gasteiger partial charge in [0.15, 0.2) is 0 Å². The number of rotatable bonds is 8. The minimum Gasteiger partial charge on any atom is -0.493 e. The summed E-state index contributed by atoms with van der Waals surface area (Å²) in [5.41, 5.74) is 6.67. The van der Waals surface area contributed by atoms with Crippen LogP contribution in [0.3, 0.4) is 0 Å². The Kier molecular flexibility index (Phi) is 7.88. The summed E-state index contributed by atoms with van der Waals surface area (Å²) in [6.45, 7) is 9.16. The smallest absolute Gasteiger partial charge is 0.141 e. The lowest BCUT2D eigenvalue weighted by molar-refractivity contribution is 0.174. The second kappa shape index (κ2) is 11.3. The third kappa shape index (κ3) is 5.00. The molecule has 0 amide bonds. The van der Waals surface area contributed by atoms with Crippen molar-refractivity contribution in [3.05, 3.63) is 71.5 Å². The van der Waals surface area contributed by atoms with Gasteiger partial charge in [-0.15, -0.1) is 12.4 Å². The first-order chi connectivity index (χ1) is 18.5. The highest BCUT2D eigenvalue weighted by Gasteiger charge is 2.24. The van der Waals surface area contributed by atoms with Gasteiger partial charge in [0.2, 0.25) is 0 Å². The molecule has 0 aliphatic carbocycles. The fourth-order valence-electron chi connectivity index (χ4n) is 5.63. The predicted octanol–water partition coefficient (Wildman–Crippen LogP) is 6.02. The van der Waals surface area contributed by atoms with Crippen LogP contribution in [-0.2, 0) is 11.3 Å². The SMILES string of the molecule is COCc1nc2cnc3cc(-c4c(C)noc4C)c(OC[C@H]4CCNC4)cc3c2n1[C@H](C)c1ccccc1.Cl. The second-order valence-corrected chi connectivity index (χ2v) is 10.1. The Morgan fingerprint density at radius 1 is 1.15 bits per heavy atom. The van der Waals surface area contributed by atoms with E-state index in [2.05, 4.69) is 58.4 Å². The van der Waals surface area contributed by atoms with Gasteiger partial charge >= 0.3 is 0 Å². The topological polar surface area (TPSA) is 87.2 Å². The molecular weight excluding hydrogens is 514 g/mol. The van der Waals surface area contributed by atoms with E-state index in [0.717, 1.165) is 75.6 Å². The first-order valence-corrected chi connectivity index (χ1v) is 13.2. The van der Waals surface area contributed by atoms with Crippen LogP contribution in [0.2, 0.25) is 0 Å². The molecule has 1 aliphatic heterocycles. The molecule has 0 bridgehead atoms. The molecule has 8 nitrogen and oxygen atoms in total. The Morgan fingerprint density at radius 2 is 1.97 bits per heavy atom. The van der Waals surface area contributed by atoms with Gasteiger partial charge in [-0.05, 0) is 51.4 Å². The van der Waals surface area contributed by atoms with Gasteiger partial charge in [-0.1, -0.05) is 35.5 Å². The summed E-state index contributed by atoms with van der Waals surface area (Å²) in [7, 11) is 1.70. The zero-order chi connectivity index (χ0) is 26.2. The Hall–Kier alpha value is -3.46. The summed E-state index contributed by atoms with van der Waals surface area (Å²) < 4.78 is 19.9. The zero-order valence-electron chi connectivity index (χ0n) is 22.7. The van der Waals surface area contributed by atoms with E-state index in [1.165, 1.54) is 5.56 Å². The number of aryl methyl sites for hydroxylation is 2. The minimum absolute atomic E-state index is 0. The summed E-state index contributed by atoms with van der Waals surface area (Å²) in [5.74, 6) is 2.92. The van der Waals surface area contributed by atoms with Crippen molar-refractivity contribution in [1.29, 1.82) is 0 Å². The average Bonchev–Trinajstić information content (AvgIpc) is 3.66. The van der Waals surface area contributed by atoms with Crippen LogP contribution in [0.15, 0.2) is 53.2 Å². The maximum Gasteiger partial charge on any atom is 0.141 e. The average molecular weight is 548 g/mol. The molecule has 6 rings (SSSR count). The number of hydrogen-bond donors (Lipinski definition) is 1. The van der Waals surface area contributed by atoms with Gasteiger partial charge in [0.05, 0.1) is 41.1 Å². The molecule has 0 radical (unpaired) electrons. The van der Waals surface area contributed by atoms with Crippen LogP contribution in [0.1, 0.15) is 42.2 Å². The number of imidazole rings is 1. The van der Waals surface area contributed by atoms with E-state index in [0.29, 0.717) is 19.1 Å². The number of fused-ring (bicyclic) bond motifs is 3. The molecule has 9 heteroatoms. The fourth-order valence-corrected chi connectivity index (χ4v) is 5.63. The van der Waals surface area contributed by atoms with Crippen LogP contribution in [0, 0.1) is 19.8 Å². The zero-order valence-corrected chi connectivity index (χ0v) is 23.5. The summed E-state index contributed by atoms with van der Waals surface area (Å²) in [6.07, 6.45) is 2.97. The maximum atomic E-state index is 6.56. The van der Waals surface area contributed by atoms with E-state index < -0.39 is 0 Å². The summed E-state index contributed by atoms with van der Waals surface area (Å²) in [5, 5.41) is 8.64. The molecule has 1 saturated heterocycles. The van der Waals surface area contributed by atoms with Crippen molar-refractivity contribution < 1.29 is 14.0 Å². The van der Waals surface area contributed by atoms with Crippen LogP contribution in [0.4, 0.5) is 0 Å². The number of hydrogen-bond acceptors (Lipinski definition) is 7. The fraction of sp³-hybridized carbons (Fsp3) is 0.367. The molecule has 1 aliphatic rings. The van der Waals surface area contributed by atoms with Crippen LogP contribution < -0.4 is 10.1 Å². The molecule has 5 aromatic rings. The van der Waals surface area contributed by atoms with Gasteiger partial charge < -0.3 is 23.9 Å². The quantitative estimate of drug-likeness (QED) is 0.254. The predicted molar refractivity (Wildman–Crippen MR) is 155 cm³/mol. The molecule has 0 saturated carbocycles. The highest BCUT2D eigenvalue weighted by molar-refractivity contribution is 6.05. The van der Waals surface area contributed by atoms with Crippen molar-refractivity contribution in [2.75, 3.05) is 26.8 Å². The normalized spacial score (nSPS) is 16.1. The standard InChI is InChI=1S/C30H33N5O3.ClH/c1-18-29(20(3)38-34-18)24-12-25-23(13-27(24)37-16-21-10-11-31-14-21)30-26(15-32-25)33-28(17-36-4)35(30)19(2)22-8-6-5-7-9-22;/h5-9,12-13,15,19,21,31H,10-11,14,16-17H2,1-4H3;1H/t19-,21+;/m1./s1. The molecule has 0 spiro atoms. The second-order valence-electron chi connectivity index (χ2n) is 10.1. The third-order valence-electron chi connectivity index (χ3n) is 7.57. The van der Waals surface area contributed by atoms with Crippen molar-refractivity contribution in [3.8, 4) is 16.9 Å². The minimum atomic E-state index is 0. The summed E-state index contributed by atoms with van der Waals surface area (Å²) >= 11 is 0. The Labute approximate surface area is 234 Å². The number of ether oxygens (including phenoxy) is 2. The highest BCUT2D eigenvalue weighted by atomic mass is 35.5. The summed E-state index contributed by atoms with van der Waals surface area (Å²) in [4.78, 5) is 9.77. The lowest BCUT2D eigenvalue weighted by atomic mass is 10.00. The molecule has 2 atom stereocenters. The summed E-state index contributed by atoms with van der Waals surface area (Å²) in [6, 6.07) is 14.8. The lowest BCUT2D eigenvalue weighted by Crippen LogP contribution is -2.16. The molecular formula is C30H34ClN5O3. The Bertz CT molecular complexity index is 1570. The number of methoxy groups -OCH3 is 1. The van der Waals surface area contributed by atoms with Crippen LogP contribution in [0.25, 0.3) is 33.1 Å². The van der Waals surface area contributed by atoms with E-state index in [9.17, 15) is 0 Å². The van der Waals surface area contributed by atoms with Crippen LogP contribution in [0.5, 0.6) is 5.75 Å². The Balaban J connectivity index is 0.00000308. The van der Waals surface area contributed by atoms with E-state index in [1.807, 2.05) is 26.1 Å². The van der Waals surface area contributed by atoms with Crippen molar-refractivity contribution >= 4 is 34.3 Å². The molecule has 39 heavy (non-hydrogen) atoms. The molecule has 204 valence electrons. The van der Waals surface area contributed by atoms with Gasteiger partial charge in [-0.3, -0.25) is 4.98 Å². The van der Waals surface area contributed by atoms with Gasteiger partial charge in [-0.2, -0.15) is 0 Å². The van der Waals surface area contributed by atoms with Gasteiger partial charge in [0, 0.05) is 30.5 Å². The van der Waals surface area contributed by atoms with Gasteiger partial charge in [0.1, 0.15) is 29.5 Å². The molecule has 1 fully saturated rings. The van der Waals surface area contributed by atoms with E-state index >= 15 is 0 Å². The number of pyridine rings is 1. The molecule has 0 unspecified atom stereocenters. The van der Waals surface area contributed by atoms with Crippen LogP contribution >= 0.6 is 12.4 Å². The molecule has 2 aromatic carbocycles. The largest absolute Gasteiger partial charge is 0.493 e. The van der Waals surface area contributed by atoms with E-state index in [1.54, 1.807) is 7.11 Å². The molecule has 1 N–H and O–H groups in total. The van der Waals surface area contributed by atoms with Crippen molar-refractivity contribution in [2.45, 2.75) is 39.8 Å². The maximum absolute atomic E-state index is 6.56. The van der Waals surface area contributed by atoms with Crippen molar-refractivity contribution in [1.82, 2.24) is 25.0 Å². The number of nitrogens with zero attached hydrogens (tertiary/aromatic N) is 4. The lowest BCUT2D eigenvalue weighted by Gasteiger charge is -2.20. The van der Waals surface area contributed by atoms with Crippen molar-refractivity contribution in [2.24, 2.45) is 5.92 Å². The van der Waals surface area contributed by atoms with Gasteiger partial charge in [-0.25, -0.2) is 4.98 Å². The van der Waals surface area contributed by atoms with E-state index in [-0.39, 0.29) is 18.4 Å². The van der Waals surface area contributed by atoms with Crippen LogP contribution in [-0.4, -0.2) is 46.5 Å². The monoisotopic (exact) mass is 547 g/mol. The molecule has 3 aromatic heterocycles. The van der Waals surface area contributed by atoms with Crippen molar-refractivity contribution in [3.63, 3.8) is 0 Å². The number of halogens is 1. The first-order valence-electron chi connectivity index (χ1n) is 13.2. The highest BCUT2D eigenvalue weighted by Crippen LogP contribution is 2.40. The third-order valence-corrected chi connectivity index (χ3v) is 7.57. The number of aromatic nitrogens is 4. The molecule has 4 heterocycles. The number of benzene rings is 2. The van der Waals surface area contributed by atoms with Gasteiger partial charge in [0.25, 0.3) is 0 Å². The Morgan fingerprint density at radius 3 is 2.67 bits per heavy atom. The first kappa shape index (κ1) is 27.1. The number of nitrogens with one attached hydrogen (secondary N) is 1. The van der Waals surface area contributed by atoms with E-state index in [4.69, 9.17) is 24.0 Å².